The number of ether oxygens (including phenoxy) is 1. The second kappa shape index (κ2) is 10.5. The van der Waals surface area contributed by atoms with E-state index in [1.165, 1.54) is 12.1 Å². The van der Waals surface area contributed by atoms with Crippen molar-refractivity contribution in [3.8, 4) is 0 Å². The molecule has 1 fully saturated rings. The van der Waals surface area contributed by atoms with Gasteiger partial charge in [0, 0.05) is 31.7 Å². The number of rotatable bonds is 10. The van der Waals surface area contributed by atoms with E-state index in [0.29, 0.717) is 6.54 Å². The lowest BCUT2D eigenvalue weighted by atomic mass is 10.2. The lowest BCUT2D eigenvalue weighted by Gasteiger charge is -2.26. The van der Waals surface area contributed by atoms with Crippen LogP contribution in [0.15, 0.2) is 35.7 Å². The summed E-state index contributed by atoms with van der Waals surface area (Å²) in [5.41, 5.74) is 0.101. The molecule has 7 nitrogen and oxygen atoms in total. The van der Waals surface area contributed by atoms with Crippen molar-refractivity contribution in [3.63, 3.8) is 0 Å². The van der Waals surface area contributed by atoms with E-state index in [0.717, 1.165) is 57.8 Å². The van der Waals surface area contributed by atoms with Gasteiger partial charge in [0.1, 0.15) is 10.7 Å². The standard InChI is InChI=1S/C18H26FN3O4S/c1-2-7-21-27(24,25)17-14-15(5-6-16(17)19)18(23)20-8-3-4-9-22-10-12-26-13-11-22/h2,5-6,14,21H,1,3-4,7-13H2,(H,20,23). The van der Waals surface area contributed by atoms with Crippen LogP contribution in [0.3, 0.4) is 0 Å². The highest BCUT2D eigenvalue weighted by Crippen LogP contribution is 2.16. The maximum absolute atomic E-state index is 13.9. The highest BCUT2D eigenvalue weighted by Gasteiger charge is 2.20. The molecule has 1 aliphatic heterocycles. The van der Waals surface area contributed by atoms with Gasteiger partial charge in [-0.3, -0.25) is 9.69 Å². The molecule has 0 saturated carbocycles. The van der Waals surface area contributed by atoms with E-state index in [1.54, 1.807) is 0 Å². The van der Waals surface area contributed by atoms with Crippen LogP contribution in [0.4, 0.5) is 4.39 Å². The summed E-state index contributed by atoms with van der Waals surface area (Å²) in [5.74, 6) is -1.34. The van der Waals surface area contributed by atoms with Crippen LogP contribution in [0.25, 0.3) is 0 Å². The second-order valence-electron chi connectivity index (χ2n) is 6.20. The highest BCUT2D eigenvalue weighted by molar-refractivity contribution is 7.89. The molecule has 1 aromatic rings. The lowest BCUT2D eigenvalue weighted by molar-refractivity contribution is 0.0372. The Morgan fingerprint density at radius 3 is 2.74 bits per heavy atom. The van der Waals surface area contributed by atoms with Gasteiger partial charge in [-0.1, -0.05) is 6.08 Å². The van der Waals surface area contributed by atoms with Gasteiger partial charge >= 0.3 is 0 Å². The topological polar surface area (TPSA) is 87.7 Å². The number of amides is 1. The third-order valence-corrected chi connectivity index (χ3v) is 5.63. The van der Waals surface area contributed by atoms with E-state index in [9.17, 15) is 17.6 Å². The smallest absolute Gasteiger partial charge is 0.251 e. The third kappa shape index (κ3) is 6.69. The van der Waals surface area contributed by atoms with Crippen molar-refractivity contribution >= 4 is 15.9 Å². The van der Waals surface area contributed by atoms with Crippen LogP contribution in [0.5, 0.6) is 0 Å². The SMILES string of the molecule is C=CCNS(=O)(=O)c1cc(C(=O)NCCCCN2CCOCC2)ccc1F. The number of benzene rings is 1. The molecule has 0 atom stereocenters. The van der Waals surface area contributed by atoms with Crippen LogP contribution < -0.4 is 10.0 Å². The molecule has 1 saturated heterocycles. The number of carbonyl (C=O) groups is 1. The monoisotopic (exact) mass is 399 g/mol. The average Bonchev–Trinajstić information content (AvgIpc) is 2.67. The fourth-order valence-electron chi connectivity index (χ4n) is 2.69. The molecule has 9 heteroatoms. The van der Waals surface area contributed by atoms with E-state index < -0.39 is 26.6 Å². The maximum atomic E-state index is 13.9. The molecule has 0 aromatic heterocycles. The van der Waals surface area contributed by atoms with E-state index >= 15 is 0 Å². The molecule has 1 amide bonds. The molecule has 1 aliphatic rings. The zero-order valence-electron chi connectivity index (χ0n) is 15.2. The van der Waals surface area contributed by atoms with Gasteiger partial charge in [-0.25, -0.2) is 17.5 Å². The first-order chi connectivity index (χ1) is 12.9. The quantitative estimate of drug-likeness (QED) is 0.455. The van der Waals surface area contributed by atoms with Gasteiger partial charge in [0.2, 0.25) is 10.0 Å². The van der Waals surface area contributed by atoms with Crippen LogP contribution in [0.2, 0.25) is 0 Å². The number of morpholine rings is 1. The van der Waals surface area contributed by atoms with Gasteiger partial charge in [0.15, 0.2) is 0 Å². The van der Waals surface area contributed by atoms with Crippen molar-refractivity contribution in [1.29, 1.82) is 0 Å². The first-order valence-electron chi connectivity index (χ1n) is 8.92. The normalized spacial score (nSPS) is 15.4. The molecule has 0 bridgehead atoms. The maximum Gasteiger partial charge on any atom is 0.251 e. The Labute approximate surface area is 159 Å². The Morgan fingerprint density at radius 1 is 1.30 bits per heavy atom. The van der Waals surface area contributed by atoms with Crippen molar-refractivity contribution in [1.82, 2.24) is 14.9 Å². The number of halogens is 1. The molecule has 0 spiro atoms. The lowest BCUT2D eigenvalue weighted by Crippen LogP contribution is -2.37. The van der Waals surface area contributed by atoms with Gasteiger partial charge in [0.05, 0.1) is 13.2 Å². The van der Waals surface area contributed by atoms with E-state index in [2.05, 4.69) is 21.5 Å². The van der Waals surface area contributed by atoms with Crippen molar-refractivity contribution in [2.24, 2.45) is 0 Å². The number of hydrogen-bond donors (Lipinski definition) is 2. The minimum Gasteiger partial charge on any atom is -0.379 e. The van der Waals surface area contributed by atoms with Crippen LogP contribution in [-0.4, -0.2) is 65.2 Å². The molecule has 2 N–H and O–H groups in total. The first-order valence-corrected chi connectivity index (χ1v) is 10.4. The summed E-state index contributed by atoms with van der Waals surface area (Å²) < 4.78 is 45.6. The molecule has 2 rings (SSSR count). The Morgan fingerprint density at radius 2 is 2.04 bits per heavy atom. The molecular weight excluding hydrogens is 373 g/mol. The Balaban J connectivity index is 1.85. The summed E-state index contributed by atoms with van der Waals surface area (Å²) in [7, 11) is -4.04. The number of nitrogens with zero attached hydrogens (tertiary/aromatic N) is 1. The largest absolute Gasteiger partial charge is 0.379 e. The zero-order valence-corrected chi connectivity index (χ0v) is 16.1. The summed E-state index contributed by atoms with van der Waals surface area (Å²) in [6.45, 7) is 8.18. The summed E-state index contributed by atoms with van der Waals surface area (Å²) in [6.07, 6.45) is 3.09. The van der Waals surface area contributed by atoms with Crippen LogP contribution in [0.1, 0.15) is 23.2 Å². The summed E-state index contributed by atoms with van der Waals surface area (Å²) >= 11 is 0. The molecular formula is C18H26FN3O4S. The van der Waals surface area contributed by atoms with Crippen molar-refractivity contribution in [3.05, 3.63) is 42.2 Å². The fraction of sp³-hybridized carbons (Fsp3) is 0.500. The molecule has 0 aliphatic carbocycles. The van der Waals surface area contributed by atoms with E-state index in [4.69, 9.17) is 4.74 Å². The van der Waals surface area contributed by atoms with Crippen LogP contribution in [0, 0.1) is 5.82 Å². The molecule has 27 heavy (non-hydrogen) atoms. The molecule has 0 radical (unpaired) electrons. The third-order valence-electron chi connectivity index (χ3n) is 4.19. The van der Waals surface area contributed by atoms with Gasteiger partial charge < -0.3 is 10.1 Å². The Bertz CT molecular complexity index is 749. The highest BCUT2D eigenvalue weighted by atomic mass is 32.2. The van der Waals surface area contributed by atoms with E-state index in [-0.39, 0.29) is 12.1 Å². The van der Waals surface area contributed by atoms with Gasteiger partial charge in [0.25, 0.3) is 5.91 Å². The van der Waals surface area contributed by atoms with Gasteiger partial charge in [-0.2, -0.15) is 0 Å². The Hall–Kier alpha value is -1.81. The number of sulfonamides is 1. The molecule has 150 valence electrons. The summed E-state index contributed by atoms with van der Waals surface area (Å²) in [4.78, 5) is 14.0. The number of nitrogens with one attached hydrogen (secondary N) is 2. The predicted molar refractivity (Wildman–Crippen MR) is 101 cm³/mol. The predicted octanol–water partition coefficient (Wildman–Crippen LogP) is 1.13. The minimum absolute atomic E-state index is 0.0264. The second-order valence-corrected chi connectivity index (χ2v) is 7.94. The van der Waals surface area contributed by atoms with E-state index in [1.807, 2.05) is 0 Å². The Kier molecular flexibility index (Phi) is 8.36. The van der Waals surface area contributed by atoms with Gasteiger partial charge in [-0.15, -0.1) is 6.58 Å². The molecule has 1 heterocycles. The fourth-order valence-corrected chi connectivity index (χ4v) is 3.79. The molecule has 0 unspecified atom stereocenters. The molecule has 1 aromatic carbocycles. The van der Waals surface area contributed by atoms with Crippen LogP contribution >= 0.6 is 0 Å². The zero-order chi connectivity index (χ0) is 19.7. The van der Waals surface area contributed by atoms with Crippen molar-refractivity contribution < 1.29 is 22.3 Å². The number of unbranched alkanes of at least 4 members (excludes halogenated alkanes) is 1. The minimum atomic E-state index is -4.04. The van der Waals surface area contributed by atoms with Crippen LogP contribution in [-0.2, 0) is 14.8 Å². The number of hydrogen-bond acceptors (Lipinski definition) is 5. The summed E-state index contributed by atoms with van der Waals surface area (Å²) in [5, 5.41) is 2.74. The number of carbonyl (C=O) groups excluding carboxylic acids is 1. The van der Waals surface area contributed by atoms with Crippen molar-refractivity contribution in [2.45, 2.75) is 17.7 Å². The van der Waals surface area contributed by atoms with Gasteiger partial charge in [-0.05, 0) is 37.6 Å². The summed E-state index contributed by atoms with van der Waals surface area (Å²) in [6, 6.07) is 3.30. The van der Waals surface area contributed by atoms with Crippen molar-refractivity contribution in [2.75, 3.05) is 45.9 Å². The first kappa shape index (κ1) is 21.5. The average molecular weight is 399 g/mol.